The molecule has 1 aliphatic heterocycles. The topological polar surface area (TPSA) is 153 Å². The van der Waals surface area contributed by atoms with E-state index in [-0.39, 0.29) is 12.5 Å². The number of primary amides is 1. The van der Waals surface area contributed by atoms with E-state index in [0.29, 0.717) is 56.6 Å². The molecule has 0 unspecified atom stereocenters. The number of hydrogen-bond acceptors (Lipinski definition) is 8. The van der Waals surface area contributed by atoms with Gasteiger partial charge in [-0.25, -0.2) is 14.8 Å². The van der Waals surface area contributed by atoms with Crippen LogP contribution in [0.4, 0.5) is 10.6 Å². The maximum atomic E-state index is 12.8. The van der Waals surface area contributed by atoms with E-state index in [2.05, 4.69) is 25.6 Å². The summed E-state index contributed by atoms with van der Waals surface area (Å²) in [4.78, 5) is 38.8. The zero-order valence-corrected chi connectivity index (χ0v) is 19.4. The summed E-state index contributed by atoms with van der Waals surface area (Å²) < 4.78 is 12.7. The molecule has 4 rings (SSSR count). The van der Waals surface area contributed by atoms with E-state index in [4.69, 9.17) is 14.9 Å². The Balaban J connectivity index is 1.39. The molecule has 0 fully saturated rings. The largest absolute Gasteiger partial charge is 0.485 e. The van der Waals surface area contributed by atoms with Crippen molar-refractivity contribution < 1.29 is 18.7 Å². The van der Waals surface area contributed by atoms with Crippen LogP contribution in [0.1, 0.15) is 24.3 Å². The number of fused-ring (bicyclic) bond motifs is 1. The van der Waals surface area contributed by atoms with Crippen molar-refractivity contribution in [1.82, 2.24) is 30.2 Å². The highest BCUT2D eigenvalue weighted by molar-refractivity contribution is 5.81. The van der Waals surface area contributed by atoms with Gasteiger partial charge in [0.15, 0.2) is 11.5 Å². The number of furan rings is 1. The van der Waals surface area contributed by atoms with Crippen LogP contribution in [0.2, 0.25) is 0 Å². The number of carbonyl (C=O) groups is 2. The third kappa shape index (κ3) is 6.59. The third-order valence-electron chi connectivity index (χ3n) is 5.30. The molecule has 3 amide bonds. The van der Waals surface area contributed by atoms with Gasteiger partial charge >= 0.3 is 6.03 Å². The Bertz CT molecular complexity index is 1190. The first kappa shape index (κ1) is 23.8. The molecule has 0 radical (unpaired) electrons. The van der Waals surface area contributed by atoms with Crippen molar-refractivity contribution in [2.45, 2.75) is 19.8 Å². The lowest BCUT2D eigenvalue weighted by Crippen LogP contribution is -2.40. The van der Waals surface area contributed by atoms with Crippen molar-refractivity contribution in [2.75, 3.05) is 37.7 Å². The maximum Gasteiger partial charge on any atom is 0.312 e. The fourth-order valence-corrected chi connectivity index (χ4v) is 3.61. The third-order valence-corrected chi connectivity index (χ3v) is 5.30. The number of aromatic nitrogens is 4. The van der Waals surface area contributed by atoms with Gasteiger partial charge in [-0.1, -0.05) is 0 Å². The zero-order valence-electron chi connectivity index (χ0n) is 19.4. The molecule has 0 aromatic carbocycles. The summed E-state index contributed by atoms with van der Waals surface area (Å²) in [6, 6.07) is 3.02. The smallest absolute Gasteiger partial charge is 0.312 e. The average Bonchev–Trinajstić information content (AvgIpc) is 3.52. The number of ether oxygens (including phenoxy) is 1. The predicted octanol–water partition coefficient (Wildman–Crippen LogP) is 1.41. The van der Waals surface area contributed by atoms with Gasteiger partial charge in [-0.05, 0) is 31.4 Å². The van der Waals surface area contributed by atoms with Crippen molar-refractivity contribution in [2.24, 2.45) is 5.73 Å². The van der Waals surface area contributed by atoms with Gasteiger partial charge in [-0.2, -0.15) is 4.98 Å². The molecule has 0 atom stereocenters. The fraction of sp³-hybridized carbons (Fsp3) is 0.348. The van der Waals surface area contributed by atoms with Crippen LogP contribution in [0.25, 0.3) is 12.0 Å². The monoisotopic (exact) mass is 480 g/mol. The molecule has 12 heteroatoms. The van der Waals surface area contributed by atoms with Gasteiger partial charge in [0.1, 0.15) is 18.8 Å². The average molecular weight is 481 g/mol. The second-order valence-electron chi connectivity index (χ2n) is 8.04. The lowest BCUT2D eigenvalue weighted by molar-refractivity contribution is -0.119. The van der Waals surface area contributed by atoms with Crippen molar-refractivity contribution in [1.29, 1.82) is 0 Å². The van der Waals surface area contributed by atoms with Crippen molar-refractivity contribution in [3.63, 3.8) is 0 Å². The van der Waals surface area contributed by atoms with Crippen molar-refractivity contribution in [3.8, 4) is 11.7 Å². The second kappa shape index (κ2) is 11.2. The van der Waals surface area contributed by atoms with Crippen LogP contribution in [0, 0.1) is 6.92 Å². The summed E-state index contributed by atoms with van der Waals surface area (Å²) in [5.41, 5.74) is 6.95. The molecule has 0 bridgehead atoms. The Hall–Kier alpha value is -4.35. The molecule has 3 aromatic heterocycles. The van der Waals surface area contributed by atoms with Crippen LogP contribution in [0.5, 0.6) is 5.75 Å². The first-order valence-corrected chi connectivity index (χ1v) is 11.3. The number of imidazole rings is 1. The summed E-state index contributed by atoms with van der Waals surface area (Å²) >= 11 is 0. The molecule has 0 saturated heterocycles. The minimum atomic E-state index is -0.586. The minimum Gasteiger partial charge on any atom is -0.485 e. The standard InChI is InChI=1S/C23H28N8O4/c1-16-11-20(29-23(28-16)31-9-7-25-15-31)30(8-2-5-27-22(24)33)13-21(32)26-6-3-17-12-19-18(35-14-17)4-10-34-19/h4,7,9-12,15H,2-3,5-6,8,13-14H2,1H3,(H,26,32)(H3,24,27,33). The number of amides is 3. The maximum absolute atomic E-state index is 12.8. The Morgan fingerprint density at radius 3 is 2.94 bits per heavy atom. The van der Waals surface area contributed by atoms with Crippen LogP contribution in [0.3, 0.4) is 0 Å². The van der Waals surface area contributed by atoms with Crippen LogP contribution >= 0.6 is 0 Å². The molecule has 0 spiro atoms. The van der Waals surface area contributed by atoms with Gasteiger partial charge in [0.05, 0.1) is 12.8 Å². The molecule has 0 aliphatic carbocycles. The number of anilines is 1. The highest BCUT2D eigenvalue weighted by Gasteiger charge is 2.17. The number of rotatable bonds is 11. The molecule has 35 heavy (non-hydrogen) atoms. The highest BCUT2D eigenvalue weighted by atomic mass is 16.5. The minimum absolute atomic E-state index is 0.0915. The molecular formula is C23H28N8O4. The number of carbonyl (C=O) groups excluding carboxylic acids is 2. The molecule has 4 heterocycles. The van der Waals surface area contributed by atoms with Gasteiger partial charge in [-0.15, -0.1) is 0 Å². The van der Waals surface area contributed by atoms with E-state index in [9.17, 15) is 9.59 Å². The van der Waals surface area contributed by atoms with Gasteiger partial charge in [0, 0.05) is 49.9 Å². The van der Waals surface area contributed by atoms with Gasteiger partial charge in [-0.3, -0.25) is 9.36 Å². The van der Waals surface area contributed by atoms with E-state index < -0.39 is 6.03 Å². The van der Waals surface area contributed by atoms with E-state index in [1.807, 2.05) is 24.0 Å². The van der Waals surface area contributed by atoms with Crippen LogP contribution in [-0.2, 0) is 4.79 Å². The summed E-state index contributed by atoms with van der Waals surface area (Å²) in [6.45, 7) is 3.75. The molecule has 1 aliphatic rings. The Morgan fingerprint density at radius 1 is 1.26 bits per heavy atom. The Labute approximate surface area is 202 Å². The van der Waals surface area contributed by atoms with Crippen molar-refractivity contribution in [3.05, 3.63) is 54.1 Å². The van der Waals surface area contributed by atoms with Crippen LogP contribution in [-0.4, -0.2) is 64.2 Å². The molecular weight excluding hydrogens is 452 g/mol. The summed E-state index contributed by atoms with van der Waals surface area (Å²) in [5.74, 6) is 2.34. The lowest BCUT2D eigenvalue weighted by Gasteiger charge is -2.24. The zero-order chi connectivity index (χ0) is 24.6. The summed E-state index contributed by atoms with van der Waals surface area (Å²) in [6.07, 6.45) is 9.77. The molecule has 0 saturated carbocycles. The number of urea groups is 1. The predicted molar refractivity (Wildman–Crippen MR) is 128 cm³/mol. The number of nitrogens with one attached hydrogen (secondary N) is 2. The molecule has 12 nitrogen and oxygen atoms in total. The summed E-state index contributed by atoms with van der Waals surface area (Å²) in [7, 11) is 0. The molecule has 184 valence electrons. The van der Waals surface area contributed by atoms with Gasteiger partial charge < -0.3 is 30.4 Å². The molecule has 3 aromatic rings. The van der Waals surface area contributed by atoms with E-state index in [1.54, 1.807) is 35.6 Å². The van der Waals surface area contributed by atoms with E-state index in [0.717, 1.165) is 17.0 Å². The first-order chi connectivity index (χ1) is 17.0. The van der Waals surface area contributed by atoms with Crippen LogP contribution in [0.15, 0.2) is 47.1 Å². The van der Waals surface area contributed by atoms with Gasteiger partial charge in [0.25, 0.3) is 0 Å². The van der Waals surface area contributed by atoms with E-state index in [1.165, 1.54) is 0 Å². The number of hydrogen-bond donors (Lipinski definition) is 3. The van der Waals surface area contributed by atoms with Crippen molar-refractivity contribution >= 4 is 23.8 Å². The number of nitrogens with two attached hydrogens (primary N) is 1. The van der Waals surface area contributed by atoms with Gasteiger partial charge in [0.2, 0.25) is 11.9 Å². The van der Waals surface area contributed by atoms with E-state index >= 15 is 0 Å². The normalized spacial score (nSPS) is 12.3. The summed E-state index contributed by atoms with van der Waals surface area (Å²) in [5, 5.41) is 5.52. The number of nitrogens with zero attached hydrogens (tertiary/aromatic N) is 5. The second-order valence-corrected chi connectivity index (χ2v) is 8.04. The van der Waals surface area contributed by atoms with Crippen LogP contribution < -0.4 is 26.0 Å². The Kier molecular flexibility index (Phi) is 7.60. The number of aryl methyl sites for hydroxylation is 1. The molecule has 4 N–H and O–H groups in total. The first-order valence-electron chi connectivity index (χ1n) is 11.3. The lowest BCUT2D eigenvalue weighted by atomic mass is 10.1. The fourth-order valence-electron chi connectivity index (χ4n) is 3.61. The Morgan fingerprint density at radius 2 is 2.14 bits per heavy atom. The highest BCUT2D eigenvalue weighted by Crippen LogP contribution is 2.27. The quantitative estimate of drug-likeness (QED) is 0.348. The SMILES string of the molecule is Cc1cc(N(CCCNC(N)=O)CC(=O)NCCC2=Cc3occc3OC2)nc(-n2ccnc2)n1.